The standard InChI is InChI=1S/C21H36N2O3.C16H28N2O.C16H30N2/c1-12(2)21(6,23-19(25)26-20(3,4)5)18(24)22-17-15-8-13-7-14(10-15)11-16(17)9-13;1-9(2)16(3,17)15(19)18-14-12-5-10-4-11(7-12)8-13(14)6-10;1-10(2)16(3,17)9-18-15-13-5-11-4-12(7-13)8-14(15)6-11/h12-17H,7-11H2,1-6H3,(H,22,24)(H,23,25);9-14H,4-8,17H2,1-3H3,(H,18,19);10-15,18H,4-9,17H2,1-3H3. The predicted molar refractivity (Wildman–Crippen MR) is 254 cm³/mol. The molecule has 63 heavy (non-hydrogen) atoms. The van der Waals surface area contributed by atoms with E-state index in [0.29, 0.717) is 23.8 Å². The fourth-order valence-electron chi connectivity index (χ4n) is 15.0. The van der Waals surface area contributed by atoms with Crippen LogP contribution >= 0.6 is 0 Å². The third kappa shape index (κ3) is 10.9. The van der Waals surface area contributed by atoms with Gasteiger partial charge in [-0.1, -0.05) is 41.5 Å². The van der Waals surface area contributed by atoms with Crippen molar-refractivity contribution in [3.63, 3.8) is 0 Å². The summed E-state index contributed by atoms with van der Waals surface area (Å²) in [6, 6.07) is 1.45. The number of ether oxygens (including phenoxy) is 1. The number of carbonyl (C=O) groups excluding carboxylic acids is 3. The molecule has 0 aromatic carbocycles. The molecule has 0 aliphatic heterocycles. The van der Waals surface area contributed by atoms with Crippen molar-refractivity contribution < 1.29 is 19.1 Å². The maximum Gasteiger partial charge on any atom is 0.408 e. The van der Waals surface area contributed by atoms with Crippen LogP contribution in [0.1, 0.15) is 179 Å². The summed E-state index contributed by atoms with van der Waals surface area (Å²) in [6.45, 7) is 24.8. The summed E-state index contributed by atoms with van der Waals surface area (Å²) in [5.74, 6) is 11.1. The van der Waals surface area contributed by atoms with Crippen LogP contribution in [-0.2, 0) is 14.3 Å². The van der Waals surface area contributed by atoms with Crippen molar-refractivity contribution in [2.45, 2.75) is 220 Å². The van der Waals surface area contributed by atoms with Crippen LogP contribution in [0.15, 0.2) is 0 Å². The van der Waals surface area contributed by atoms with Gasteiger partial charge < -0.3 is 37.5 Å². The van der Waals surface area contributed by atoms with Crippen LogP contribution < -0.4 is 32.7 Å². The Kier molecular flexibility index (Phi) is 14.5. The fraction of sp³-hybridized carbons (Fsp3) is 0.943. The highest BCUT2D eigenvalue weighted by molar-refractivity contribution is 5.90. The summed E-state index contributed by atoms with van der Waals surface area (Å²) in [7, 11) is 0. The second-order valence-corrected chi connectivity index (χ2v) is 26.3. The van der Waals surface area contributed by atoms with Gasteiger partial charge in [0, 0.05) is 30.2 Å². The normalized spacial score (nSPS) is 40.6. The molecule has 10 nitrogen and oxygen atoms in total. The van der Waals surface area contributed by atoms with E-state index in [1.807, 2.05) is 62.3 Å². The van der Waals surface area contributed by atoms with Gasteiger partial charge in [-0.05, 0) is 227 Å². The maximum absolute atomic E-state index is 13.2. The monoisotopic (exact) mass is 879 g/mol. The van der Waals surface area contributed by atoms with Crippen molar-refractivity contribution in [1.29, 1.82) is 0 Å². The molecular weight excluding hydrogens is 785 g/mol. The van der Waals surface area contributed by atoms with E-state index < -0.39 is 22.8 Å². The Labute approximate surface area is 383 Å². The molecule has 12 fully saturated rings. The van der Waals surface area contributed by atoms with Gasteiger partial charge in [-0.25, -0.2) is 4.79 Å². The van der Waals surface area contributed by atoms with E-state index in [9.17, 15) is 14.4 Å². The molecular formula is C53H94N6O4. The van der Waals surface area contributed by atoms with Crippen molar-refractivity contribution in [3.8, 4) is 0 Å². The Morgan fingerprint density at radius 1 is 0.492 bits per heavy atom. The molecule has 3 atom stereocenters. The lowest BCUT2D eigenvalue weighted by Crippen LogP contribution is -2.65. The molecule has 0 aromatic rings. The largest absolute Gasteiger partial charge is 0.444 e. The van der Waals surface area contributed by atoms with Crippen LogP contribution in [0, 0.1) is 88.8 Å². The number of alkyl carbamates (subject to hydrolysis) is 1. The van der Waals surface area contributed by atoms with Gasteiger partial charge in [-0.2, -0.15) is 0 Å². The van der Waals surface area contributed by atoms with Gasteiger partial charge in [0.05, 0.1) is 5.54 Å². The lowest BCUT2D eigenvalue weighted by Gasteiger charge is -2.55. The number of amides is 3. The first-order valence-electron chi connectivity index (χ1n) is 26.2. The van der Waals surface area contributed by atoms with Crippen LogP contribution in [0.5, 0.6) is 0 Å². The quantitative estimate of drug-likeness (QED) is 0.121. The van der Waals surface area contributed by atoms with Gasteiger partial charge in [-0.15, -0.1) is 0 Å². The van der Waals surface area contributed by atoms with Gasteiger partial charge in [0.2, 0.25) is 11.8 Å². The van der Waals surface area contributed by atoms with Crippen molar-refractivity contribution in [2.24, 2.45) is 100 Å². The Bertz CT molecular complexity index is 1530. The molecule has 360 valence electrons. The van der Waals surface area contributed by atoms with E-state index in [1.54, 1.807) is 6.42 Å². The van der Waals surface area contributed by atoms with Crippen molar-refractivity contribution >= 4 is 17.9 Å². The first kappa shape index (κ1) is 49.0. The molecule has 0 aromatic heterocycles. The van der Waals surface area contributed by atoms with Gasteiger partial charge in [-0.3, -0.25) is 9.59 Å². The third-order valence-electron chi connectivity index (χ3n) is 19.4. The Balaban J connectivity index is 0.000000145. The molecule has 12 aliphatic rings. The molecule has 8 N–H and O–H groups in total. The highest BCUT2D eigenvalue weighted by Gasteiger charge is 2.52. The second-order valence-electron chi connectivity index (χ2n) is 26.3. The molecule has 12 bridgehead atoms. The lowest BCUT2D eigenvalue weighted by atomic mass is 9.54. The Morgan fingerprint density at radius 3 is 1.13 bits per heavy atom. The van der Waals surface area contributed by atoms with Gasteiger partial charge in [0.1, 0.15) is 11.1 Å². The first-order chi connectivity index (χ1) is 29.3. The van der Waals surface area contributed by atoms with E-state index in [-0.39, 0.29) is 35.2 Å². The molecule has 3 amide bonds. The highest BCUT2D eigenvalue weighted by Crippen LogP contribution is 2.56. The van der Waals surface area contributed by atoms with E-state index in [2.05, 4.69) is 42.0 Å². The minimum Gasteiger partial charge on any atom is -0.444 e. The lowest BCUT2D eigenvalue weighted by molar-refractivity contribution is -0.133. The average Bonchev–Trinajstić information content (AvgIpc) is 3.16. The highest BCUT2D eigenvalue weighted by atomic mass is 16.6. The van der Waals surface area contributed by atoms with Crippen LogP contribution in [0.2, 0.25) is 0 Å². The summed E-state index contributed by atoms with van der Waals surface area (Å²) in [5.41, 5.74) is 10.2. The average molecular weight is 879 g/mol. The van der Waals surface area contributed by atoms with E-state index in [1.165, 1.54) is 89.9 Å². The Morgan fingerprint density at radius 2 is 0.825 bits per heavy atom. The molecule has 0 radical (unpaired) electrons. The van der Waals surface area contributed by atoms with Crippen LogP contribution in [0.3, 0.4) is 0 Å². The summed E-state index contributed by atoms with van der Waals surface area (Å²) in [5, 5.41) is 13.4. The predicted octanol–water partition coefficient (Wildman–Crippen LogP) is 8.94. The van der Waals surface area contributed by atoms with E-state index in [4.69, 9.17) is 16.2 Å². The van der Waals surface area contributed by atoms with E-state index in [0.717, 1.165) is 71.8 Å². The second kappa shape index (κ2) is 18.6. The van der Waals surface area contributed by atoms with Gasteiger partial charge >= 0.3 is 6.09 Å². The zero-order valence-corrected chi connectivity index (χ0v) is 42.0. The zero-order valence-electron chi connectivity index (χ0n) is 42.0. The third-order valence-corrected chi connectivity index (χ3v) is 19.4. The molecule has 12 saturated carbocycles. The number of hydrogen-bond acceptors (Lipinski definition) is 7. The zero-order chi connectivity index (χ0) is 46.0. The van der Waals surface area contributed by atoms with Crippen molar-refractivity contribution in [1.82, 2.24) is 21.3 Å². The summed E-state index contributed by atoms with van der Waals surface area (Å²) in [4.78, 5) is 38.0. The number of rotatable bonds is 11. The molecule has 0 heterocycles. The summed E-state index contributed by atoms with van der Waals surface area (Å²) in [6.07, 6.45) is 20.2. The molecule has 0 spiro atoms. The smallest absolute Gasteiger partial charge is 0.408 e. The number of carbonyl (C=O) groups is 3. The Hall–Kier alpha value is -1.91. The van der Waals surface area contributed by atoms with Crippen LogP contribution in [0.4, 0.5) is 4.79 Å². The number of nitrogens with one attached hydrogen (secondary N) is 4. The SMILES string of the molecule is CC(C)C(C)(N)C(=O)NC1C2CC3CC(C2)CC1C3.CC(C)C(C)(N)CNC1C2CC3CC(C2)CC1C3.CC(C)C(C)(NC(=O)OC(C)(C)C)C(=O)NC1C2CC3CC(C2)CC1C3. The summed E-state index contributed by atoms with van der Waals surface area (Å²) >= 11 is 0. The van der Waals surface area contributed by atoms with Gasteiger partial charge in [0.15, 0.2) is 0 Å². The van der Waals surface area contributed by atoms with Crippen LogP contribution in [-0.4, -0.2) is 64.8 Å². The van der Waals surface area contributed by atoms with Gasteiger partial charge in [0.25, 0.3) is 0 Å². The minimum absolute atomic E-state index is 0.0353. The minimum atomic E-state index is -0.975. The molecule has 12 rings (SSSR count). The van der Waals surface area contributed by atoms with E-state index >= 15 is 0 Å². The molecule has 12 aliphatic carbocycles. The number of nitrogens with two attached hydrogens (primary N) is 2. The molecule has 3 unspecified atom stereocenters. The van der Waals surface area contributed by atoms with Crippen molar-refractivity contribution in [2.75, 3.05) is 6.54 Å². The molecule has 0 saturated heterocycles. The molecule has 10 heteroatoms. The topological polar surface area (TPSA) is 161 Å². The fourth-order valence-corrected chi connectivity index (χ4v) is 15.0. The maximum atomic E-state index is 13.2. The van der Waals surface area contributed by atoms with Crippen LogP contribution in [0.25, 0.3) is 0 Å². The summed E-state index contributed by atoms with van der Waals surface area (Å²) < 4.78 is 5.39. The van der Waals surface area contributed by atoms with Crippen molar-refractivity contribution in [3.05, 3.63) is 0 Å². The first-order valence-corrected chi connectivity index (χ1v) is 26.2. The number of hydrogen-bond donors (Lipinski definition) is 6.